The summed E-state index contributed by atoms with van der Waals surface area (Å²) in [6.07, 6.45) is 7.75. The first kappa shape index (κ1) is 17.0. The lowest BCUT2D eigenvalue weighted by atomic mass is 9.42. The summed E-state index contributed by atoms with van der Waals surface area (Å²) in [6.45, 7) is 9.22. The molecule has 3 saturated carbocycles. The van der Waals surface area contributed by atoms with Gasteiger partial charge in [-0.15, -0.1) is 0 Å². The van der Waals surface area contributed by atoms with Crippen molar-refractivity contribution in [3.8, 4) is 0 Å². The fraction of sp³-hybridized carbons (Fsp3) is 0.773. The Kier molecular flexibility index (Phi) is 3.56. The summed E-state index contributed by atoms with van der Waals surface area (Å²) in [6, 6.07) is 0. The van der Waals surface area contributed by atoms with Crippen molar-refractivity contribution in [2.45, 2.75) is 58.5 Å². The van der Waals surface area contributed by atoms with E-state index in [1.54, 1.807) is 0 Å². The first-order valence-electron chi connectivity index (χ1n) is 10.3. The maximum atomic E-state index is 11.4. The van der Waals surface area contributed by atoms with Crippen LogP contribution in [0.1, 0.15) is 50.8 Å². The van der Waals surface area contributed by atoms with Crippen molar-refractivity contribution in [1.82, 2.24) is 5.16 Å². The van der Waals surface area contributed by atoms with E-state index in [1.807, 2.05) is 6.26 Å². The molecule has 0 spiro atoms. The van der Waals surface area contributed by atoms with Gasteiger partial charge in [-0.2, -0.15) is 0 Å². The average Bonchev–Trinajstić information content (AvgIpc) is 3.18. The van der Waals surface area contributed by atoms with Crippen LogP contribution in [-0.2, 0) is 12.8 Å². The Labute approximate surface area is 155 Å². The van der Waals surface area contributed by atoms with Gasteiger partial charge in [0, 0.05) is 18.1 Å². The topological polar surface area (TPSA) is 66.5 Å². The summed E-state index contributed by atoms with van der Waals surface area (Å²) in [5.41, 5.74) is 3.92. The molecule has 4 aliphatic rings. The van der Waals surface area contributed by atoms with Crippen molar-refractivity contribution in [2.75, 3.05) is 6.61 Å². The monoisotopic (exact) mass is 357 g/mol. The van der Waals surface area contributed by atoms with Crippen LogP contribution in [0.4, 0.5) is 0 Å². The predicted molar refractivity (Wildman–Crippen MR) is 98.3 cm³/mol. The van der Waals surface area contributed by atoms with Gasteiger partial charge in [0.25, 0.3) is 0 Å². The van der Waals surface area contributed by atoms with Gasteiger partial charge in [0.1, 0.15) is 6.26 Å². The van der Waals surface area contributed by atoms with Crippen LogP contribution in [0.3, 0.4) is 0 Å². The number of fused-ring (bicyclic) bond motifs is 6. The third-order valence-corrected chi connectivity index (χ3v) is 9.26. The van der Waals surface area contributed by atoms with Crippen LogP contribution in [0, 0.1) is 40.4 Å². The van der Waals surface area contributed by atoms with Crippen LogP contribution < -0.4 is 0 Å². The molecule has 4 nitrogen and oxygen atoms in total. The Morgan fingerprint density at radius 1 is 1.27 bits per heavy atom. The summed E-state index contributed by atoms with van der Waals surface area (Å²) in [4.78, 5) is 0. The van der Waals surface area contributed by atoms with Crippen molar-refractivity contribution < 1.29 is 14.7 Å². The van der Waals surface area contributed by atoms with Crippen molar-refractivity contribution in [2.24, 2.45) is 40.4 Å². The quantitative estimate of drug-likeness (QED) is 0.756. The van der Waals surface area contributed by atoms with Crippen LogP contribution in [0.2, 0.25) is 0 Å². The molecule has 4 aliphatic carbocycles. The number of hydrogen-bond acceptors (Lipinski definition) is 4. The van der Waals surface area contributed by atoms with Crippen molar-refractivity contribution in [3.05, 3.63) is 29.7 Å². The highest BCUT2D eigenvalue weighted by Crippen LogP contribution is 2.67. The second-order valence-electron chi connectivity index (χ2n) is 10.0. The second kappa shape index (κ2) is 5.45. The summed E-state index contributed by atoms with van der Waals surface area (Å²) < 4.78 is 5.26. The standard InChI is InChI=1S/C22H31NO3/c1-12-4-5-15-19-16(6-7-21(12,15)2)22(3)9-13-11-26-23-18(13)8-17(22)14(10-24)20(19)25/h11,14-17,19-20,24-25H,1,4-10H2,2-3H3/t14-,15?,16?,17?,19?,20+,21-,22-/m1/s1. The minimum absolute atomic E-state index is 0.0577. The van der Waals surface area contributed by atoms with E-state index in [0.717, 1.165) is 37.8 Å². The van der Waals surface area contributed by atoms with E-state index < -0.39 is 6.10 Å². The van der Waals surface area contributed by atoms with Gasteiger partial charge in [-0.05, 0) is 73.0 Å². The number of allylic oxidation sites excluding steroid dienone is 1. The van der Waals surface area contributed by atoms with E-state index in [4.69, 9.17) is 4.52 Å². The molecule has 5 rings (SSSR count). The number of hydrogen-bond donors (Lipinski definition) is 2. The summed E-state index contributed by atoms with van der Waals surface area (Å²) in [5, 5.41) is 25.9. The zero-order chi connectivity index (χ0) is 18.3. The molecule has 1 heterocycles. The molecule has 0 amide bonds. The fourth-order valence-corrected chi connectivity index (χ4v) is 7.73. The molecule has 2 N–H and O–H groups in total. The molecular weight excluding hydrogens is 326 g/mol. The largest absolute Gasteiger partial charge is 0.396 e. The zero-order valence-electron chi connectivity index (χ0n) is 15.9. The number of aliphatic hydroxyl groups is 2. The summed E-state index contributed by atoms with van der Waals surface area (Å²) >= 11 is 0. The number of aliphatic hydroxyl groups excluding tert-OH is 2. The first-order valence-corrected chi connectivity index (χ1v) is 10.3. The molecule has 0 radical (unpaired) electrons. The molecule has 1 aromatic heterocycles. The van der Waals surface area contributed by atoms with Crippen LogP contribution in [0.5, 0.6) is 0 Å². The van der Waals surface area contributed by atoms with E-state index in [9.17, 15) is 10.2 Å². The van der Waals surface area contributed by atoms with Crippen molar-refractivity contribution in [1.29, 1.82) is 0 Å². The summed E-state index contributed by atoms with van der Waals surface area (Å²) in [5.74, 6) is 1.47. The van der Waals surface area contributed by atoms with Crippen molar-refractivity contribution in [3.63, 3.8) is 0 Å². The maximum Gasteiger partial charge on any atom is 0.127 e. The molecule has 0 saturated heterocycles. The normalized spacial score (nSPS) is 49.9. The molecule has 8 atom stereocenters. The smallest absolute Gasteiger partial charge is 0.127 e. The third kappa shape index (κ3) is 1.95. The second-order valence-corrected chi connectivity index (χ2v) is 10.0. The van der Waals surface area contributed by atoms with E-state index in [0.29, 0.717) is 11.8 Å². The average molecular weight is 357 g/mol. The van der Waals surface area contributed by atoms with Gasteiger partial charge in [0.2, 0.25) is 0 Å². The molecule has 0 aliphatic heterocycles. The minimum Gasteiger partial charge on any atom is -0.396 e. The molecule has 0 bridgehead atoms. The van der Waals surface area contributed by atoms with Crippen LogP contribution >= 0.6 is 0 Å². The summed E-state index contributed by atoms with van der Waals surface area (Å²) in [7, 11) is 0. The zero-order valence-corrected chi connectivity index (χ0v) is 15.9. The van der Waals surface area contributed by atoms with Gasteiger partial charge in [0.15, 0.2) is 0 Å². The maximum absolute atomic E-state index is 11.4. The lowest BCUT2D eigenvalue weighted by Gasteiger charge is -2.63. The van der Waals surface area contributed by atoms with Gasteiger partial charge in [-0.25, -0.2) is 0 Å². The highest BCUT2D eigenvalue weighted by Gasteiger charge is 2.64. The van der Waals surface area contributed by atoms with Gasteiger partial charge in [-0.1, -0.05) is 31.2 Å². The fourth-order valence-electron chi connectivity index (χ4n) is 7.73. The molecule has 0 aromatic carbocycles. The SMILES string of the molecule is C=C1CCC2C3C(CC[C@]12C)[C@@]1(C)Cc2conc2CC1[C@@H](CO)[C@@H]3O. The molecule has 4 unspecified atom stereocenters. The number of nitrogens with zero attached hydrogens (tertiary/aromatic N) is 1. The molecule has 26 heavy (non-hydrogen) atoms. The third-order valence-electron chi connectivity index (χ3n) is 9.26. The Bertz CT molecular complexity index is 742. The Morgan fingerprint density at radius 3 is 2.85 bits per heavy atom. The Morgan fingerprint density at radius 2 is 2.08 bits per heavy atom. The van der Waals surface area contributed by atoms with Gasteiger partial charge in [0.05, 0.1) is 11.8 Å². The molecule has 4 heteroatoms. The van der Waals surface area contributed by atoms with Gasteiger partial charge >= 0.3 is 0 Å². The van der Waals surface area contributed by atoms with Crippen LogP contribution in [-0.4, -0.2) is 28.1 Å². The van der Waals surface area contributed by atoms with Gasteiger partial charge in [-0.3, -0.25) is 0 Å². The predicted octanol–water partition coefficient (Wildman–Crippen LogP) is 3.38. The molecule has 1 aromatic rings. The van der Waals surface area contributed by atoms with E-state index in [1.165, 1.54) is 17.6 Å². The van der Waals surface area contributed by atoms with E-state index in [-0.39, 0.29) is 35.2 Å². The highest BCUT2D eigenvalue weighted by atomic mass is 16.5. The minimum atomic E-state index is -0.424. The lowest BCUT2D eigenvalue weighted by Crippen LogP contribution is -2.62. The van der Waals surface area contributed by atoms with Gasteiger partial charge < -0.3 is 14.7 Å². The molecule has 3 fully saturated rings. The Balaban J connectivity index is 1.60. The number of aromatic nitrogens is 1. The lowest BCUT2D eigenvalue weighted by molar-refractivity contribution is -0.184. The van der Waals surface area contributed by atoms with Crippen LogP contribution in [0.15, 0.2) is 22.9 Å². The molecular formula is C22H31NO3. The number of rotatable bonds is 1. The van der Waals surface area contributed by atoms with E-state index >= 15 is 0 Å². The Hall–Kier alpha value is -1.13. The molecule has 142 valence electrons. The highest BCUT2D eigenvalue weighted by molar-refractivity contribution is 5.28. The van der Waals surface area contributed by atoms with Crippen LogP contribution in [0.25, 0.3) is 0 Å². The van der Waals surface area contributed by atoms with Crippen molar-refractivity contribution >= 4 is 0 Å². The van der Waals surface area contributed by atoms with E-state index in [2.05, 4.69) is 25.6 Å². The first-order chi connectivity index (χ1) is 12.4.